The molecule has 0 heterocycles. The van der Waals surface area contributed by atoms with E-state index in [0.29, 0.717) is 34.2 Å². The van der Waals surface area contributed by atoms with Gasteiger partial charge in [-0.25, -0.2) is 0 Å². The average molecular weight is 407 g/mol. The van der Waals surface area contributed by atoms with Gasteiger partial charge in [-0.1, -0.05) is 29.7 Å². The fraction of sp³-hybridized carbons (Fsp3) is 0.130. The molecule has 5 nitrogen and oxygen atoms in total. The van der Waals surface area contributed by atoms with Gasteiger partial charge in [0.25, 0.3) is 5.91 Å². The van der Waals surface area contributed by atoms with E-state index in [1.54, 1.807) is 42.5 Å². The maximum atomic E-state index is 12.5. The van der Waals surface area contributed by atoms with Crippen LogP contribution in [-0.2, 0) is 11.2 Å². The molecule has 146 valence electrons. The van der Waals surface area contributed by atoms with E-state index in [1.807, 2.05) is 6.07 Å². The lowest BCUT2D eigenvalue weighted by Gasteiger charge is -2.14. The van der Waals surface area contributed by atoms with Gasteiger partial charge in [0.15, 0.2) is 11.5 Å². The van der Waals surface area contributed by atoms with Gasteiger partial charge >= 0.3 is 0 Å². The summed E-state index contributed by atoms with van der Waals surface area (Å²) in [6.07, 6.45) is 8.95. The molecular weight excluding hydrogens is 388 g/mol. The minimum absolute atomic E-state index is 0.0751. The lowest BCUT2D eigenvalue weighted by molar-refractivity contribution is -0.112. The normalized spacial score (nSPS) is 10.4. The number of carbonyl (C=O) groups is 1. The van der Waals surface area contributed by atoms with Crippen LogP contribution in [0.2, 0.25) is 5.02 Å². The largest absolute Gasteiger partial charge is 0.493 e. The highest BCUT2D eigenvalue weighted by atomic mass is 35.5. The predicted octanol–water partition coefficient (Wildman–Crippen LogP) is 4.63. The summed E-state index contributed by atoms with van der Waals surface area (Å²) in [5.74, 6) is 2.81. The standard InChI is InChI=1S/C23H19ClN2O3/c1-4-7-17-11-16(13-21(28-3)22(17)29-10-5-2)12-18(15-25)23(27)26-20-9-6-8-19(24)14-20/h2,4,6,8-9,11-14H,1,7,10H2,3H3,(H,26,27)/b18-12+. The van der Waals surface area contributed by atoms with Crippen LogP contribution in [0.4, 0.5) is 5.69 Å². The van der Waals surface area contributed by atoms with Crippen LogP contribution in [0.1, 0.15) is 11.1 Å². The number of ether oxygens (including phenoxy) is 2. The molecule has 29 heavy (non-hydrogen) atoms. The van der Waals surface area contributed by atoms with Crippen molar-refractivity contribution >= 4 is 29.3 Å². The third-order valence-electron chi connectivity index (χ3n) is 3.80. The van der Waals surface area contributed by atoms with Crippen molar-refractivity contribution in [2.24, 2.45) is 0 Å². The zero-order valence-electron chi connectivity index (χ0n) is 15.9. The van der Waals surface area contributed by atoms with Crippen LogP contribution < -0.4 is 14.8 Å². The average Bonchev–Trinajstić information content (AvgIpc) is 2.71. The molecule has 0 aliphatic carbocycles. The van der Waals surface area contributed by atoms with E-state index in [2.05, 4.69) is 17.8 Å². The van der Waals surface area contributed by atoms with Crippen molar-refractivity contribution in [1.29, 1.82) is 5.26 Å². The molecule has 0 atom stereocenters. The zero-order valence-corrected chi connectivity index (χ0v) is 16.6. The summed E-state index contributed by atoms with van der Waals surface area (Å²) in [6, 6.07) is 12.1. The highest BCUT2D eigenvalue weighted by Gasteiger charge is 2.14. The molecule has 0 saturated heterocycles. The fourth-order valence-electron chi connectivity index (χ4n) is 2.58. The molecule has 0 radical (unpaired) electrons. The predicted molar refractivity (Wildman–Crippen MR) is 115 cm³/mol. The van der Waals surface area contributed by atoms with E-state index in [1.165, 1.54) is 13.2 Å². The number of allylic oxidation sites excluding steroid dienone is 1. The van der Waals surface area contributed by atoms with Crippen LogP contribution >= 0.6 is 11.6 Å². The summed E-state index contributed by atoms with van der Waals surface area (Å²) >= 11 is 5.93. The Bertz CT molecular complexity index is 1030. The second-order valence-electron chi connectivity index (χ2n) is 5.83. The third-order valence-corrected chi connectivity index (χ3v) is 4.03. The van der Waals surface area contributed by atoms with Crippen molar-refractivity contribution in [2.75, 3.05) is 19.0 Å². The number of carbonyl (C=O) groups excluding carboxylic acids is 1. The van der Waals surface area contributed by atoms with Gasteiger partial charge in [0.1, 0.15) is 18.2 Å². The summed E-state index contributed by atoms with van der Waals surface area (Å²) in [4.78, 5) is 12.5. The van der Waals surface area contributed by atoms with Gasteiger partial charge < -0.3 is 14.8 Å². The molecule has 0 saturated carbocycles. The molecule has 0 fully saturated rings. The molecule has 2 aromatic rings. The smallest absolute Gasteiger partial charge is 0.266 e. The molecule has 0 unspecified atom stereocenters. The Kier molecular flexibility index (Phi) is 7.91. The van der Waals surface area contributed by atoms with Crippen LogP contribution in [0, 0.1) is 23.7 Å². The first-order chi connectivity index (χ1) is 14.0. The highest BCUT2D eigenvalue weighted by Crippen LogP contribution is 2.34. The van der Waals surface area contributed by atoms with Gasteiger partial charge in [0, 0.05) is 16.3 Å². The fourth-order valence-corrected chi connectivity index (χ4v) is 2.77. The monoisotopic (exact) mass is 406 g/mol. The number of hydrogen-bond acceptors (Lipinski definition) is 4. The lowest BCUT2D eigenvalue weighted by Crippen LogP contribution is -2.13. The minimum atomic E-state index is -0.549. The number of rotatable bonds is 8. The summed E-state index contributed by atoms with van der Waals surface area (Å²) in [7, 11) is 1.50. The van der Waals surface area contributed by atoms with Crippen molar-refractivity contribution in [3.05, 3.63) is 70.8 Å². The lowest BCUT2D eigenvalue weighted by atomic mass is 10.0. The van der Waals surface area contributed by atoms with E-state index >= 15 is 0 Å². The Morgan fingerprint density at radius 3 is 2.79 bits per heavy atom. The molecule has 2 aromatic carbocycles. The summed E-state index contributed by atoms with van der Waals surface area (Å²) < 4.78 is 11.0. The number of amides is 1. The van der Waals surface area contributed by atoms with E-state index < -0.39 is 5.91 Å². The number of hydrogen-bond donors (Lipinski definition) is 1. The molecule has 0 spiro atoms. The van der Waals surface area contributed by atoms with Gasteiger partial charge in [-0.2, -0.15) is 5.26 Å². The van der Waals surface area contributed by atoms with E-state index in [0.717, 1.165) is 5.56 Å². The molecule has 1 N–H and O–H groups in total. The topological polar surface area (TPSA) is 71.3 Å². The Morgan fingerprint density at radius 1 is 1.38 bits per heavy atom. The van der Waals surface area contributed by atoms with Gasteiger partial charge in [-0.3, -0.25) is 4.79 Å². The van der Waals surface area contributed by atoms with Crippen LogP contribution in [0.15, 0.2) is 54.6 Å². The van der Waals surface area contributed by atoms with Crippen molar-refractivity contribution < 1.29 is 14.3 Å². The van der Waals surface area contributed by atoms with Crippen LogP contribution in [0.3, 0.4) is 0 Å². The maximum Gasteiger partial charge on any atom is 0.266 e. The number of benzene rings is 2. The Balaban J connectivity index is 2.40. The summed E-state index contributed by atoms with van der Waals surface area (Å²) in [6.45, 7) is 3.83. The molecule has 0 aliphatic heterocycles. The number of halogens is 1. The van der Waals surface area contributed by atoms with Crippen LogP contribution in [-0.4, -0.2) is 19.6 Å². The number of nitrogens with zero attached hydrogens (tertiary/aromatic N) is 1. The quantitative estimate of drug-likeness (QED) is 0.300. The number of nitriles is 1. The van der Waals surface area contributed by atoms with Crippen molar-refractivity contribution in [3.8, 4) is 29.9 Å². The third kappa shape index (κ3) is 5.90. The minimum Gasteiger partial charge on any atom is -0.493 e. The second kappa shape index (κ2) is 10.6. The SMILES string of the molecule is C#CCOc1c(CC=C)cc(/C=C(\C#N)C(=O)Nc2cccc(Cl)c2)cc1OC. The van der Waals surface area contributed by atoms with Gasteiger partial charge in [-0.05, 0) is 48.4 Å². The number of nitrogens with one attached hydrogen (secondary N) is 1. The Labute approximate surface area is 175 Å². The van der Waals surface area contributed by atoms with Gasteiger partial charge in [-0.15, -0.1) is 13.0 Å². The zero-order chi connectivity index (χ0) is 21.2. The summed E-state index contributed by atoms with van der Waals surface area (Å²) in [5.41, 5.74) is 1.79. The first-order valence-corrected chi connectivity index (χ1v) is 8.97. The molecule has 0 bridgehead atoms. The van der Waals surface area contributed by atoms with E-state index in [-0.39, 0.29) is 12.2 Å². The number of anilines is 1. The second-order valence-corrected chi connectivity index (χ2v) is 6.27. The first-order valence-electron chi connectivity index (χ1n) is 8.59. The van der Waals surface area contributed by atoms with Crippen LogP contribution in [0.5, 0.6) is 11.5 Å². The molecule has 2 rings (SSSR count). The molecule has 6 heteroatoms. The Morgan fingerprint density at radius 2 is 2.17 bits per heavy atom. The highest BCUT2D eigenvalue weighted by molar-refractivity contribution is 6.31. The summed E-state index contributed by atoms with van der Waals surface area (Å²) in [5, 5.41) is 12.6. The number of methoxy groups -OCH3 is 1. The van der Waals surface area contributed by atoms with Crippen molar-refractivity contribution in [2.45, 2.75) is 6.42 Å². The van der Waals surface area contributed by atoms with Gasteiger partial charge in [0.2, 0.25) is 0 Å². The van der Waals surface area contributed by atoms with E-state index in [9.17, 15) is 10.1 Å². The number of terminal acetylenes is 1. The first kappa shape index (κ1) is 21.6. The Hall–Kier alpha value is -3.67. The van der Waals surface area contributed by atoms with Crippen molar-refractivity contribution in [1.82, 2.24) is 0 Å². The molecule has 1 amide bonds. The molecular formula is C23H19ClN2O3. The molecule has 0 aromatic heterocycles. The van der Waals surface area contributed by atoms with Gasteiger partial charge in [0.05, 0.1) is 7.11 Å². The maximum absolute atomic E-state index is 12.5. The van der Waals surface area contributed by atoms with E-state index in [4.69, 9.17) is 27.5 Å². The molecule has 0 aliphatic rings. The van der Waals surface area contributed by atoms with Crippen LogP contribution in [0.25, 0.3) is 6.08 Å². The van der Waals surface area contributed by atoms with Crippen molar-refractivity contribution in [3.63, 3.8) is 0 Å².